The minimum Gasteiger partial charge on any atom is -0.478 e. The molecule has 1 aromatic carbocycles. The maximum Gasteiger partial charge on any atom is 0.387 e. The highest BCUT2D eigenvalue weighted by atomic mass is 19.3. The first kappa shape index (κ1) is 24.8. The zero-order valence-corrected chi connectivity index (χ0v) is 18.2. The third-order valence-electron chi connectivity index (χ3n) is 5.00. The number of esters is 1. The Morgan fingerprint density at radius 1 is 1.16 bits per heavy atom. The molecule has 2 atom stereocenters. The number of carboxylic acid groups (broad SMARTS) is 1. The normalized spacial score (nSPS) is 17.7. The first-order valence-electron chi connectivity index (χ1n) is 9.71. The number of ether oxygens (including phenoxy) is 2. The van der Waals surface area contributed by atoms with Gasteiger partial charge < -0.3 is 19.5 Å². The largest absolute Gasteiger partial charge is 0.478 e. The molecule has 1 aromatic rings. The number of alkyl halides is 2. The Hall–Kier alpha value is -3.50. The zero-order chi connectivity index (χ0) is 24.3. The zero-order valence-electron chi connectivity index (χ0n) is 18.2. The lowest BCUT2D eigenvalue weighted by Gasteiger charge is -2.37. The van der Waals surface area contributed by atoms with E-state index >= 15 is 0 Å². The summed E-state index contributed by atoms with van der Waals surface area (Å²) < 4.78 is 35.6. The topological polar surface area (TPSA) is 119 Å². The van der Waals surface area contributed by atoms with Gasteiger partial charge in [0.15, 0.2) is 0 Å². The van der Waals surface area contributed by atoms with Gasteiger partial charge in [0.1, 0.15) is 17.7 Å². The fourth-order valence-corrected chi connectivity index (χ4v) is 3.82. The summed E-state index contributed by atoms with van der Waals surface area (Å²) in [5.41, 5.74) is -1.07. The van der Waals surface area contributed by atoms with Crippen LogP contribution in [0.2, 0.25) is 0 Å². The third kappa shape index (κ3) is 4.87. The number of nitro groups is 1. The van der Waals surface area contributed by atoms with Crippen LogP contribution < -0.4 is 4.74 Å². The van der Waals surface area contributed by atoms with Crippen LogP contribution in [0.25, 0.3) is 0 Å². The third-order valence-corrected chi connectivity index (χ3v) is 5.00. The van der Waals surface area contributed by atoms with Gasteiger partial charge in [-0.05, 0) is 40.7 Å². The molecule has 32 heavy (non-hydrogen) atoms. The van der Waals surface area contributed by atoms with E-state index in [4.69, 9.17) is 4.74 Å². The highest BCUT2D eigenvalue weighted by Crippen LogP contribution is 2.45. The Bertz CT molecular complexity index is 950. The fourth-order valence-electron chi connectivity index (χ4n) is 3.82. The van der Waals surface area contributed by atoms with Gasteiger partial charge in [-0.25, -0.2) is 9.59 Å². The predicted octanol–water partition coefficient (Wildman–Crippen LogP) is 3.89. The molecule has 0 amide bonds. The quantitative estimate of drug-likeness (QED) is 0.357. The molecular formula is C21H24F2N2O7. The molecule has 0 bridgehead atoms. The summed E-state index contributed by atoms with van der Waals surface area (Å²) in [4.78, 5) is 37.3. The highest BCUT2D eigenvalue weighted by molar-refractivity contribution is 5.91. The molecule has 0 saturated carbocycles. The Morgan fingerprint density at radius 3 is 2.25 bits per heavy atom. The molecule has 2 rings (SSSR count). The van der Waals surface area contributed by atoms with E-state index in [2.05, 4.69) is 4.74 Å². The van der Waals surface area contributed by atoms with Crippen molar-refractivity contribution in [1.82, 2.24) is 4.90 Å². The monoisotopic (exact) mass is 454 g/mol. The number of benzene rings is 1. The average Bonchev–Trinajstić information content (AvgIpc) is 2.66. The number of carbonyl (C=O) groups is 2. The number of para-hydroxylation sites is 1. The summed E-state index contributed by atoms with van der Waals surface area (Å²) in [5, 5.41) is 22.0. The number of hydrogen-bond acceptors (Lipinski definition) is 7. The second kappa shape index (κ2) is 9.75. The van der Waals surface area contributed by atoms with Gasteiger partial charge >= 0.3 is 18.6 Å². The van der Waals surface area contributed by atoms with Gasteiger partial charge in [-0.3, -0.25) is 10.1 Å². The molecule has 1 N–H and O–H groups in total. The van der Waals surface area contributed by atoms with Crippen LogP contribution in [0.1, 0.15) is 46.1 Å². The van der Waals surface area contributed by atoms with Gasteiger partial charge in [0, 0.05) is 11.3 Å². The van der Waals surface area contributed by atoms with Crippen LogP contribution in [0.3, 0.4) is 0 Å². The van der Waals surface area contributed by atoms with Crippen LogP contribution >= 0.6 is 0 Å². The summed E-state index contributed by atoms with van der Waals surface area (Å²) in [6.07, 6.45) is -0.455. The van der Waals surface area contributed by atoms with Crippen molar-refractivity contribution < 1.29 is 37.9 Å². The second-order valence-electron chi connectivity index (χ2n) is 7.41. The van der Waals surface area contributed by atoms with E-state index < -0.39 is 52.8 Å². The van der Waals surface area contributed by atoms with Crippen molar-refractivity contribution in [2.45, 2.75) is 59.3 Å². The Kier molecular flexibility index (Phi) is 7.55. The molecule has 1 unspecified atom stereocenters. The fraction of sp³-hybridized carbons (Fsp3) is 0.429. The molecule has 1 aliphatic rings. The number of nitrogens with zero attached hydrogens (tertiary/aromatic N) is 2. The van der Waals surface area contributed by atoms with Crippen molar-refractivity contribution in [3.8, 4) is 5.75 Å². The van der Waals surface area contributed by atoms with E-state index in [-0.39, 0.29) is 22.7 Å². The molecule has 0 aliphatic carbocycles. The summed E-state index contributed by atoms with van der Waals surface area (Å²) in [6.45, 7) is 4.24. The Labute approximate surface area is 183 Å². The van der Waals surface area contributed by atoms with Gasteiger partial charge in [0.05, 0.1) is 22.3 Å². The number of aliphatic carboxylic acids is 1. The van der Waals surface area contributed by atoms with Crippen molar-refractivity contribution in [2.24, 2.45) is 0 Å². The van der Waals surface area contributed by atoms with Crippen LogP contribution in [-0.4, -0.2) is 45.6 Å². The standard InChI is InChI=1S/C21H24F2N2O7/c1-10(2)31-20(28)13(5)24-11(3)16(19(26)27)17(18(12(24)4)25(29)30)14-8-6-7-9-15(14)32-21(22)23/h6-10,13,17,21H,1-5H3,(H,26,27)/t13-,17?/m0/s1. The summed E-state index contributed by atoms with van der Waals surface area (Å²) in [6, 6.07) is 4.22. The number of rotatable bonds is 8. The molecule has 0 saturated heterocycles. The SMILES string of the molecule is CC1=C(C(=O)O)C(c2ccccc2OC(F)F)C([N+](=O)[O-])=C(C)N1[C@@H](C)C(=O)OC(C)C. The maximum absolute atomic E-state index is 12.9. The van der Waals surface area contributed by atoms with E-state index in [1.807, 2.05) is 0 Å². The molecule has 0 aromatic heterocycles. The van der Waals surface area contributed by atoms with Crippen molar-refractivity contribution >= 4 is 11.9 Å². The Morgan fingerprint density at radius 2 is 1.75 bits per heavy atom. The lowest BCUT2D eigenvalue weighted by Crippen LogP contribution is -2.43. The molecular weight excluding hydrogens is 430 g/mol. The maximum atomic E-state index is 12.9. The van der Waals surface area contributed by atoms with Crippen molar-refractivity contribution in [2.75, 3.05) is 0 Å². The van der Waals surface area contributed by atoms with Crippen molar-refractivity contribution in [1.29, 1.82) is 0 Å². The van der Waals surface area contributed by atoms with Gasteiger partial charge in [0.25, 0.3) is 5.70 Å². The summed E-state index contributed by atoms with van der Waals surface area (Å²) in [5.74, 6) is -4.10. The van der Waals surface area contributed by atoms with Gasteiger partial charge in [0.2, 0.25) is 0 Å². The predicted molar refractivity (Wildman–Crippen MR) is 108 cm³/mol. The second-order valence-corrected chi connectivity index (χ2v) is 7.41. The molecule has 0 radical (unpaired) electrons. The van der Waals surface area contributed by atoms with Crippen LogP contribution in [0.5, 0.6) is 5.75 Å². The van der Waals surface area contributed by atoms with Crippen LogP contribution in [-0.2, 0) is 14.3 Å². The number of hydrogen-bond donors (Lipinski definition) is 1. The number of carbonyl (C=O) groups excluding carboxylic acids is 1. The average molecular weight is 454 g/mol. The van der Waals surface area contributed by atoms with Gasteiger partial charge in [-0.2, -0.15) is 8.78 Å². The smallest absolute Gasteiger partial charge is 0.387 e. The lowest BCUT2D eigenvalue weighted by molar-refractivity contribution is -0.432. The van der Waals surface area contributed by atoms with E-state index in [1.165, 1.54) is 49.9 Å². The first-order valence-corrected chi connectivity index (χ1v) is 9.71. The molecule has 1 heterocycles. The number of halogens is 2. The van der Waals surface area contributed by atoms with E-state index in [0.29, 0.717) is 0 Å². The van der Waals surface area contributed by atoms with Crippen molar-refractivity contribution in [3.63, 3.8) is 0 Å². The molecule has 1 aliphatic heterocycles. The molecule has 0 fully saturated rings. The van der Waals surface area contributed by atoms with E-state index in [0.717, 1.165) is 0 Å². The highest BCUT2D eigenvalue weighted by Gasteiger charge is 2.46. The van der Waals surface area contributed by atoms with Crippen molar-refractivity contribution in [3.05, 3.63) is 62.6 Å². The Balaban J connectivity index is 2.77. The minimum atomic E-state index is -3.22. The van der Waals surface area contributed by atoms with Gasteiger partial charge in [-0.1, -0.05) is 18.2 Å². The molecule has 0 spiro atoms. The minimum absolute atomic E-state index is 0.0115. The van der Waals surface area contributed by atoms with Crippen LogP contribution in [0.4, 0.5) is 8.78 Å². The molecule has 11 heteroatoms. The van der Waals surface area contributed by atoms with E-state index in [1.54, 1.807) is 13.8 Å². The van der Waals surface area contributed by atoms with Crippen LogP contribution in [0, 0.1) is 10.1 Å². The van der Waals surface area contributed by atoms with E-state index in [9.17, 15) is 33.6 Å². The number of allylic oxidation sites excluding steroid dienone is 3. The molecule has 174 valence electrons. The van der Waals surface area contributed by atoms with Crippen LogP contribution in [0.15, 0.2) is 46.9 Å². The lowest BCUT2D eigenvalue weighted by atomic mass is 9.82. The molecule has 9 nitrogen and oxygen atoms in total. The first-order chi connectivity index (χ1) is 14.9. The summed E-state index contributed by atoms with van der Waals surface area (Å²) in [7, 11) is 0. The number of carboxylic acids is 1. The van der Waals surface area contributed by atoms with Gasteiger partial charge in [-0.15, -0.1) is 0 Å². The summed E-state index contributed by atoms with van der Waals surface area (Å²) >= 11 is 0.